The highest BCUT2D eigenvalue weighted by Gasteiger charge is 2.41. The Kier molecular flexibility index (Phi) is 3.58. The number of benzene rings is 1. The van der Waals surface area contributed by atoms with Gasteiger partial charge in [0.2, 0.25) is 0 Å². The lowest BCUT2D eigenvalue weighted by atomic mass is 9.87. The number of nitrogens with one attached hydrogen (secondary N) is 1. The summed E-state index contributed by atoms with van der Waals surface area (Å²) in [6.07, 6.45) is 2.57. The fraction of sp³-hybridized carbons (Fsp3) is 0.533. The van der Waals surface area contributed by atoms with E-state index in [4.69, 9.17) is 4.98 Å². The third kappa shape index (κ3) is 2.54. The van der Waals surface area contributed by atoms with Crippen molar-refractivity contribution in [2.75, 3.05) is 7.05 Å². The normalized spacial score (nSPS) is 26.1. The van der Waals surface area contributed by atoms with Crippen LogP contribution >= 0.6 is 23.1 Å². The Morgan fingerprint density at radius 2 is 2.16 bits per heavy atom. The summed E-state index contributed by atoms with van der Waals surface area (Å²) in [6, 6.07) is 8.98. The molecular formula is C15H20N2S2. The number of hydrogen-bond donors (Lipinski definition) is 1. The van der Waals surface area contributed by atoms with Gasteiger partial charge in [-0.05, 0) is 37.4 Å². The maximum absolute atomic E-state index is 4.75. The molecule has 1 fully saturated rings. The van der Waals surface area contributed by atoms with Crippen LogP contribution in [0.5, 0.6) is 0 Å². The Morgan fingerprint density at radius 3 is 2.89 bits per heavy atom. The van der Waals surface area contributed by atoms with E-state index in [1.807, 2.05) is 23.1 Å². The molecule has 0 amide bonds. The van der Waals surface area contributed by atoms with Crippen LogP contribution in [0.1, 0.15) is 26.7 Å². The molecule has 1 N–H and O–H groups in total. The molecule has 1 aromatic heterocycles. The van der Waals surface area contributed by atoms with Crippen LogP contribution in [0.4, 0.5) is 0 Å². The molecule has 102 valence electrons. The van der Waals surface area contributed by atoms with Gasteiger partial charge in [0.15, 0.2) is 4.34 Å². The van der Waals surface area contributed by atoms with Crippen LogP contribution in [0.25, 0.3) is 10.2 Å². The molecule has 1 aliphatic rings. The van der Waals surface area contributed by atoms with Gasteiger partial charge in [0.1, 0.15) is 0 Å². The molecule has 1 aliphatic carbocycles. The second-order valence-electron chi connectivity index (χ2n) is 5.90. The quantitative estimate of drug-likeness (QED) is 0.919. The van der Waals surface area contributed by atoms with Crippen molar-refractivity contribution in [3.05, 3.63) is 24.3 Å². The molecule has 2 nitrogen and oxygen atoms in total. The second kappa shape index (κ2) is 5.08. The van der Waals surface area contributed by atoms with Gasteiger partial charge >= 0.3 is 0 Å². The number of fused-ring (bicyclic) bond motifs is 1. The van der Waals surface area contributed by atoms with Gasteiger partial charge in [-0.15, -0.1) is 11.3 Å². The van der Waals surface area contributed by atoms with Crippen LogP contribution in [-0.4, -0.2) is 23.3 Å². The zero-order valence-electron chi connectivity index (χ0n) is 11.6. The molecule has 0 bridgehead atoms. The van der Waals surface area contributed by atoms with Gasteiger partial charge in [0.05, 0.1) is 10.2 Å². The molecular weight excluding hydrogens is 272 g/mol. The highest BCUT2D eigenvalue weighted by Crippen LogP contribution is 2.46. The van der Waals surface area contributed by atoms with Gasteiger partial charge in [-0.25, -0.2) is 4.98 Å². The molecule has 1 heterocycles. The van der Waals surface area contributed by atoms with Crippen LogP contribution in [0.2, 0.25) is 0 Å². The third-order valence-electron chi connectivity index (χ3n) is 4.12. The number of hydrogen-bond acceptors (Lipinski definition) is 4. The Labute approximate surface area is 123 Å². The van der Waals surface area contributed by atoms with E-state index in [1.165, 1.54) is 21.9 Å². The summed E-state index contributed by atoms with van der Waals surface area (Å²) in [5.74, 6) is 0. The number of rotatable bonds is 3. The molecule has 0 spiro atoms. The molecule has 3 rings (SSSR count). The fourth-order valence-electron chi connectivity index (χ4n) is 3.07. The molecule has 2 atom stereocenters. The van der Waals surface area contributed by atoms with Crippen LogP contribution in [0.3, 0.4) is 0 Å². The van der Waals surface area contributed by atoms with E-state index in [0.717, 1.165) is 5.52 Å². The minimum atomic E-state index is 0.392. The first-order valence-electron chi connectivity index (χ1n) is 6.80. The molecule has 0 aliphatic heterocycles. The van der Waals surface area contributed by atoms with Crippen molar-refractivity contribution in [2.45, 2.75) is 42.3 Å². The zero-order chi connectivity index (χ0) is 13.5. The maximum Gasteiger partial charge on any atom is 0.151 e. The minimum absolute atomic E-state index is 0.392. The first-order chi connectivity index (χ1) is 9.10. The van der Waals surface area contributed by atoms with E-state index in [2.05, 4.69) is 50.5 Å². The number of thioether (sulfide) groups is 1. The van der Waals surface area contributed by atoms with E-state index < -0.39 is 0 Å². The van der Waals surface area contributed by atoms with Crippen LogP contribution in [-0.2, 0) is 0 Å². The van der Waals surface area contributed by atoms with E-state index in [0.29, 0.717) is 16.7 Å². The summed E-state index contributed by atoms with van der Waals surface area (Å²) in [7, 11) is 2.09. The zero-order valence-corrected chi connectivity index (χ0v) is 13.3. The van der Waals surface area contributed by atoms with E-state index in [-0.39, 0.29) is 0 Å². The minimum Gasteiger partial charge on any atom is -0.315 e. The van der Waals surface area contributed by atoms with Gasteiger partial charge in [-0.3, -0.25) is 0 Å². The number of nitrogens with zero attached hydrogens (tertiary/aromatic N) is 1. The molecule has 1 saturated carbocycles. The van der Waals surface area contributed by atoms with Crippen molar-refractivity contribution in [1.82, 2.24) is 10.3 Å². The number of para-hydroxylation sites is 1. The lowest BCUT2D eigenvalue weighted by molar-refractivity contribution is 0.300. The van der Waals surface area contributed by atoms with E-state index in [1.54, 1.807) is 0 Å². The average molecular weight is 292 g/mol. The van der Waals surface area contributed by atoms with Gasteiger partial charge < -0.3 is 5.32 Å². The van der Waals surface area contributed by atoms with Crippen molar-refractivity contribution in [3.63, 3.8) is 0 Å². The topological polar surface area (TPSA) is 24.9 Å². The summed E-state index contributed by atoms with van der Waals surface area (Å²) >= 11 is 3.78. The van der Waals surface area contributed by atoms with Gasteiger partial charge in [0.25, 0.3) is 0 Å². The SMILES string of the molecule is CNC1C(Sc2nc3ccccc3s2)CCC1(C)C. The Bertz CT molecular complexity index is 543. The van der Waals surface area contributed by atoms with E-state index >= 15 is 0 Å². The molecule has 0 radical (unpaired) electrons. The predicted octanol–water partition coefficient (Wildman–Crippen LogP) is 4.17. The third-order valence-corrected chi connectivity index (χ3v) is 6.60. The molecule has 0 saturated heterocycles. The first-order valence-corrected chi connectivity index (χ1v) is 8.49. The molecule has 2 unspecified atom stereocenters. The van der Waals surface area contributed by atoms with Gasteiger partial charge in [0, 0.05) is 11.3 Å². The molecule has 1 aromatic carbocycles. The molecule has 4 heteroatoms. The van der Waals surface area contributed by atoms with Crippen molar-refractivity contribution >= 4 is 33.3 Å². The van der Waals surface area contributed by atoms with Crippen molar-refractivity contribution < 1.29 is 0 Å². The smallest absolute Gasteiger partial charge is 0.151 e. The van der Waals surface area contributed by atoms with Crippen molar-refractivity contribution in [1.29, 1.82) is 0 Å². The second-order valence-corrected chi connectivity index (χ2v) is 8.41. The lowest BCUT2D eigenvalue weighted by Crippen LogP contribution is -2.41. The summed E-state index contributed by atoms with van der Waals surface area (Å²) in [5, 5.41) is 4.15. The van der Waals surface area contributed by atoms with Crippen LogP contribution in [0, 0.1) is 5.41 Å². The highest BCUT2D eigenvalue weighted by atomic mass is 32.2. The van der Waals surface area contributed by atoms with Crippen molar-refractivity contribution in [3.8, 4) is 0 Å². The largest absolute Gasteiger partial charge is 0.315 e. The highest BCUT2D eigenvalue weighted by molar-refractivity contribution is 8.01. The van der Waals surface area contributed by atoms with Gasteiger partial charge in [-0.2, -0.15) is 0 Å². The monoisotopic (exact) mass is 292 g/mol. The first kappa shape index (κ1) is 13.4. The summed E-state index contributed by atoms with van der Waals surface area (Å²) in [4.78, 5) is 4.75. The molecule has 2 aromatic rings. The predicted molar refractivity (Wildman–Crippen MR) is 85.1 cm³/mol. The van der Waals surface area contributed by atoms with Gasteiger partial charge in [-0.1, -0.05) is 37.7 Å². The van der Waals surface area contributed by atoms with Crippen molar-refractivity contribution in [2.24, 2.45) is 5.41 Å². The Morgan fingerprint density at radius 1 is 1.37 bits per heavy atom. The lowest BCUT2D eigenvalue weighted by Gasteiger charge is -2.29. The standard InChI is InChI=1S/C15H20N2S2/c1-15(2)9-8-12(13(15)16-3)19-14-17-10-6-4-5-7-11(10)18-14/h4-7,12-13,16H,8-9H2,1-3H3. The van der Waals surface area contributed by atoms with E-state index in [9.17, 15) is 0 Å². The maximum atomic E-state index is 4.75. The molecule has 19 heavy (non-hydrogen) atoms. The average Bonchev–Trinajstić information content (AvgIpc) is 2.90. The fourth-order valence-corrected chi connectivity index (χ4v) is 5.89. The summed E-state index contributed by atoms with van der Waals surface area (Å²) in [5.41, 5.74) is 1.52. The Balaban J connectivity index is 1.81. The van der Waals surface area contributed by atoms with Crippen LogP contribution in [0.15, 0.2) is 28.6 Å². The summed E-state index contributed by atoms with van der Waals surface area (Å²) in [6.45, 7) is 4.74. The summed E-state index contributed by atoms with van der Waals surface area (Å²) < 4.78 is 2.51. The number of thiazole rings is 1. The Hall–Kier alpha value is -0.580. The number of aromatic nitrogens is 1. The van der Waals surface area contributed by atoms with Crippen LogP contribution < -0.4 is 5.32 Å².